The molecule has 1 N–H and O–H groups in total. The van der Waals surface area contributed by atoms with E-state index in [2.05, 4.69) is 5.32 Å². The molecule has 1 aliphatic rings. The zero-order valence-electron chi connectivity index (χ0n) is 17.5. The van der Waals surface area contributed by atoms with Gasteiger partial charge >= 0.3 is 5.97 Å². The largest absolute Gasteiger partial charge is 0.491 e. The molecule has 8 nitrogen and oxygen atoms in total. The Kier molecular flexibility index (Phi) is 8.01. The summed E-state index contributed by atoms with van der Waals surface area (Å²) < 4.78 is 16.2. The average molecular weight is 406 g/mol. The quantitative estimate of drug-likeness (QED) is 0.662. The number of nitrogens with zero attached hydrogens (tertiary/aromatic N) is 1. The SMILES string of the molecule is CN(CC(=O)NC(C)(C)C)C(=O)COC(=O)c1ccc(OC[C@@H]2CCCO2)cc1. The summed E-state index contributed by atoms with van der Waals surface area (Å²) in [7, 11) is 1.48. The number of likely N-dealkylation sites (N-methyl/N-ethyl adjacent to an activating group) is 1. The number of rotatable bonds is 8. The number of ether oxygens (including phenoxy) is 3. The van der Waals surface area contributed by atoms with Gasteiger partial charge in [-0.25, -0.2) is 4.79 Å². The minimum absolute atomic E-state index is 0.107. The second kappa shape index (κ2) is 10.2. The number of amides is 2. The Hall–Kier alpha value is -2.61. The molecule has 0 bridgehead atoms. The summed E-state index contributed by atoms with van der Waals surface area (Å²) in [5.41, 5.74) is -0.0663. The van der Waals surface area contributed by atoms with Crippen LogP contribution >= 0.6 is 0 Å². The van der Waals surface area contributed by atoms with E-state index in [0.29, 0.717) is 17.9 Å². The highest BCUT2D eigenvalue weighted by atomic mass is 16.5. The van der Waals surface area contributed by atoms with Crippen LogP contribution in [-0.2, 0) is 19.1 Å². The summed E-state index contributed by atoms with van der Waals surface area (Å²) in [6, 6.07) is 6.52. The molecule has 0 spiro atoms. The van der Waals surface area contributed by atoms with E-state index in [1.807, 2.05) is 20.8 Å². The van der Waals surface area contributed by atoms with Gasteiger partial charge in [0.1, 0.15) is 12.4 Å². The van der Waals surface area contributed by atoms with E-state index in [9.17, 15) is 14.4 Å². The smallest absolute Gasteiger partial charge is 0.338 e. The van der Waals surface area contributed by atoms with Gasteiger partial charge in [0.05, 0.1) is 18.2 Å². The van der Waals surface area contributed by atoms with E-state index in [1.165, 1.54) is 11.9 Å². The fraction of sp³-hybridized carbons (Fsp3) is 0.571. The van der Waals surface area contributed by atoms with Gasteiger partial charge in [-0.05, 0) is 57.9 Å². The summed E-state index contributed by atoms with van der Waals surface area (Å²) in [6.45, 7) is 6.27. The molecule has 0 aliphatic carbocycles. The second-order valence-corrected chi connectivity index (χ2v) is 8.09. The Morgan fingerprint density at radius 1 is 1.21 bits per heavy atom. The molecule has 8 heteroatoms. The molecule has 160 valence electrons. The van der Waals surface area contributed by atoms with Gasteiger partial charge in [-0.2, -0.15) is 0 Å². The molecule has 0 radical (unpaired) electrons. The Bertz CT molecular complexity index is 705. The summed E-state index contributed by atoms with van der Waals surface area (Å²) >= 11 is 0. The third kappa shape index (κ3) is 8.11. The van der Waals surface area contributed by atoms with Crippen LogP contribution < -0.4 is 10.1 Å². The van der Waals surface area contributed by atoms with E-state index in [0.717, 1.165) is 19.4 Å². The van der Waals surface area contributed by atoms with Crippen molar-refractivity contribution in [3.05, 3.63) is 29.8 Å². The first-order valence-electron chi connectivity index (χ1n) is 9.70. The normalized spacial score (nSPS) is 16.2. The van der Waals surface area contributed by atoms with Crippen LogP contribution in [0.3, 0.4) is 0 Å². The van der Waals surface area contributed by atoms with Gasteiger partial charge in [0.25, 0.3) is 5.91 Å². The van der Waals surface area contributed by atoms with Gasteiger partial charge in [0.15, 0.2) is 6.61 Å². The number of carbonyl (C=O) groups excluding carboxylic acids is 3. The van der Waals surface area contributed by atoms with Crippen LogP contribution in [0.4, 0.5) is 0 Å². The van der Waals surface area contributed by atoms with Crippen LogP contribution in [0, 0.1) is 0 Å². The molecular weight excluding hydrogens is 376 g/mol. The standard InChI is InChI=1S/C21H30N2O6/c1-21(2,3)22-18(24)12-23(4)19(25)14-29-20(26)15-7-9-16(10-8-15)28-13-17-6-5-11-27-17/h7-10,17H,5-6,11-14H2,1-4H3,(H,22,24)/t17-/m0/s1. The van der Waals surface area contributed by atoms with Crippen LogP contribution in [0.1, 0.15) is 44.0 Å². The highest BCUT2D eigenvalue weighted by Crippen LogP contribution is 2.17. The molecule has 0 saturated carbocycles. The predicted molar refractivity (Wildman–Crippen MR) is 107 cm³/mol. The molecule has 1 aromatic rings. The van der Waals surface area contributed by atoms with Gasteiger partial charge in [0, 0.05) is 19.2 Å². The van der Waals surface area contributed by atoms with Crippen molar-refractivity contribution < 1.29 is 28.6 Å². The minimum Gasteiger partial charge on any atom is -0.491 e. The molecule has 1 fully saturated rings. The van der Waals surface area contributed by atoms with Crippen LogP contribution in [0.15, 0.2) is 24.3 Å². The number of nitrogens with one attached hydrogen (secondary N) is 1. The molecule has 1 heterocycles. The molecule has 2 rings (SSSR count). The van der Waals surface area contributed by atoms with Crippen molar-refractivity contribution in [1.29, 1.82) is 0 Å². The number of esters is 1. The van der Waals surface area contributed by atoms with Crippen LogP contribution in [-0.4, -0.2) is 67.7 Å². The van der Waals surface area contributed by atoms with Crippen LogP contribution in [0.25, 0.3) is 0 Å². The lowest BCUT2D eigenvalue weighted by molar-refractivity contribution is -0.137. The number of carbonyl (C=O) groups is 3. The Balaban J connectivity index is 1.74. The maximum absolute atomic E-state index is 12.1. The van der Waals surface area contributed by atoms with Crippen molar-refractivity contribution in [1.82, 2.24) is 10.2 Å². The average Bonchev–Trinajstić information content (AvgIpc) is 3.16. The third-order valence-electron chi connectivity index (χ3n) is 4.20. The summed E-state index contributed by atoms with van der Waals surface area (Å²) in [5.74, 6) is -0.716. The molecule has 1 aliphatic heterocycles. The van der Waals surface area contributed by atoms with E-state index >= 15 is 0 Å². The van der Waals surface area contributed by atoms with Gasteiger partial charge < -0.3 is 24.4 Å². The Morgan fingerprint density at radius 2 is 1.90 bits per heavy atom. The maximum Gasteiger partial charge on any atom is 0.338 e. The molecule has 1 atom stereocenters. The van der Waals surface area contributed by atoms with Crippen LogP contribution in [0.5, 0.6) is 5.75 Å². The highest BCUT2D eigenvalue weighted by Gasteiger charge is 2.19. The van der Waals surface area contributed by atoms with E-state index in [-0.39, 0.29) is 24.1 Å². The van der Waals surface area contributed by atoms with Gasteiger partial charge in [-0.1, -0.05) is 0 Å². The lowest BCUT2D eigenvalue weighted by atomic mass is 10.1. The number of benzene rings is 1. The van der Waals surface area contributed by atoms with Crippen molar-refractivity contribution >= 4 is 17.8 Å². The molecule has 1 saturated heterocycles. The fourth-order valence-corrected chi connectivity index (χ4v) is 2.73. The van der Waals surface area contributed by atoms with Crippen molar-refractivity contribution in [3.63, 3.8) is 0 Å². The summed E-state index contributed by atoms with van der Waals surface area (Å²) in [6.07, 6.45) is 2.16. The van der Waals surface area contributed by atoms with E-state index in [4.69, 9.17) is 14.2 Å². The maximum atomic E-state index is 12.1. The lowest BCUT2D eigenvalue weighted by Gasteiger charge is -2.23. The Labute approximate surface area is 171 Å². The first-order valence-corrected chi connectivity index (χ1v) is 9.70. The Morgan fingerprint density at radius 3 is 2.48 bits per heavy atom. The zero-order chi connectivity index (χ0) is 21.4. The van der Waals surface area contributed by atoms with Gasteiger partial charge in [-0.3, -0.25) is 9.59 Å². The van der Waals surface area contributed by atoms with Crippen molar-refractivity contribution in [2.75, 3.05) is 33.4 Å². The second-order valence-electron chi connectivity index (χ2n) is 8.09. The monoisotopic (exact) mass is 406 g/mol. The molecule has 29 heavy (non-hydrogen) atoms. The fourth-order valence-electron chi connectivity index (χ4n) is 2.73. The molecule has 2 amide bonds. The first kappa shape index (κ1) is 22.7. The topological polar surface area (TPSA) is 94.2 Å². The van der Waals surface area contributed by atoms with E-state index < -0.39 is 18.5 Å². The lowest BCUT2D eigenvalue weighted by Crippen LogP contribution is -2.46. The first-order chi connectivity index (χ1) is 13.6. The summed E-state index contributed by atoms with van der Waals surface area (Å²) in [4.78, 5) is 37.3. The zero-order valence-corrected chi connectivity index (χ0v) is 17.5. The molecule has 0 aromatic heterocycles. The highest BCUT2D eigenvalue weighted by molar-refractivity contribution is 5.92. The number of hydrogen-bond acceptors (Lipinski definition) is 6. The minimum atomic E-state index is -0.614. The van der Waals surface area contributed by atoms with Crippen LogP contribution in [0.2, 0.25) is 0 Å². The third-order valence-corrected chi connectivity index (χ3v) is 4.20. The van der Waals surface area contributed by atoms with Gasteiger partial charge in [-0.15, -0.1) is 0 Å². The number of hydrogen-bond donors (Lipinski definition) is 1. The van der Waals surface area contributed by atoms with Gasteiger partial charge in [0.2, 0.25) is 5.91 Å². The van der Waals surface area contributed by atoms with Crippen molar-refractivity contribution in [2.45, 2.75) is 45.3 Å². The molecule has 0 unspecified atom stereocenters. The summed E-state index contributed by atoms with van der Waals surface area (Å²) in [5, 5.41) is 2.77. The predicted octanol–water partition coefficient (Wildman–Crippen LogP) is 1.77. The van der Waals surface area contributed by atoms with Crippen molar-refractivity contribution in [3.8, 4) is 5.75 Å². The van der Waals surface area contributed by atoms with E-state index in [1.54, 1.807) is 24.3 Å². The van der Waals surface area contributed by atoms with Crippen molar-refractivity contribution in [2.24, 2.45) is 0 Å². The molecular formula is C21H30N2O6. The molecule has 1 aromatic carbocycles.